The van der Waals surface area contributed by atoms with Crippen molar-refractivity contribution in [3.8, 4) is 0 Å². The number of carbonyl (C=O) groups excluding carboxylic acids is 3. The maximum atomic E-state index is 12.7. The lowest BCUT2D eigenvalue weighted by Crippen LogP contribution is -2.38. The molecule has 2 aromatic carbocycles. The highest BCUT2D eigenvalue weighted by Crippen LogP contribution is 2.21. The molecule has 39 heavy (non-hydrogen) atoms. The monoisotopic (exact) mass is 547 g/mol. The topological polar surface area (TPSA) is 126 Å². The third-order valence-corrected chi connectivity index (χ3v) is 7.81. The summed E-state index contributed by atoms with van der Waals surface area (Å²) in [5, 5.41) is 8.18. The number of amides is 2. The van der Waals surface area contributed by atoms with E-state index in [0.29, 0.717) is 26.2 Å². The number of thioether (sulfide) groups is 1. The number of benzene rings is 2. The molecule has 2 amide bonds. The summed E-state index contributed by atoms with van der Waals surface area (Å²) in [7, 11) is 0. The van der Waals surface area contributed by atoms with Crippen LogP contribution in [0.1, 0.15) is 34.4 Å². The number of rotatable bonds is 8. The van der Waals surface area contributed by atoms with E-state index in [2.05, 4.69) is 27.3 Å². The number of aryl methyl sites for hydroxylation is 1. The first-order chi connectivity index (χ1) is 19.0. The van der Waals surface area contributed by atoms with E-state index in [1.807, 2.05) is 36.4 Å². The van der Waals surface area contributed by atoms with E-state index in [9.17, 15) is 19.2 Å². The van der Waals surface area contributed by atoms with Gasteiger partial charge in [0.1, 0.15) is 5.69 Å². The fourth-order valence-corrected chi connectivity index (χ4v) is 5.44. The molecule has 202 valence electrons. The molecule has 2 aliphatic rings. The van der Waals surface area contributed by atoms with E-state index in [-0.39, 0.29) is 47.9 Å². The summed E-state index contributed by atoms with van der Waals surface area (Å²) in [6.45, 7) is 1.98. The van der Waals surface area contributed by atoms with E-state index in [4.69, 9.17) is 4.74 Å². The van der Waals surface area contributed by atoms with E-state index < -0.39 is 11.5 Å². The smallest absolute Gasteiger partial charge is 0.306 e. The molecular formula is C28H29N5O5S. The second kappa shape index (κ2) is 12.2. The Morgan fingerprint density at radius 1 is 0.846 bits per heavy atom. The third kappa shape index (κ3) is 6.72. The molecule has 0 radical (unpaired) electrons. The first-order valence-corrected chi connectivity index (χ1v) is 13.9. The molecule has 11 heteroatoms. The van der Waals surface area contributed by atoms with Crippen molar-refractivity contribution in [3.63, 3.8) is 0 Å². The Labute approximate surface area is 229 Å². The quantitative estimate of drug-likeness (QED) is 0.335. The molecule has 0 saturated carbocycles. The Morgan fingerprint density at radius 2 is 1.44 bits per heavy atom. The molecule has 0 fully saturated rings. The van der Waals surface area contributed by atoms with Crippen LogP contribution in [0, 0.1) is 0 Å². The molecule has 0 atom stereocenters. The van der Waals surface area contributed by atoms with Gasteiger partial charge in [-0.25, -0.2) is 0 Å². The Balaban J connectivity index is 1.04. The summed E-state index contributed by atoms with van der Waals surface area (Å²) in [6, 6.07) is 16.1. The van der Waals surface area contributed by atoms with Gasteiger partial charge < -0.3 is 14.5 Å². The zero-order valence-electron chi connectivity index (χ0n) is 21.4. The molecule has 2 aliphatic heterocycles. The van der Waals surface area contributed by atoms with Gasteiger partial charge in [0.2, 0.25) is 5.91 Å². The van der Waals surface area contributed by atoms with Crippen molar-refractivity contribution in [2.45, 2.75) is 43.9 Å². The normalized spacial score (nSPS) is 14.4. The summed E-state index contributed by atoms with van der Waals surface area (Å²) in [6.07, 6.45) is 1.52. The first kappa shape index (κ1) is 26.6. The van der Waals surface area contributed by atoms with Gasteiger partial charge in [0.05, 0.1) is 12.2 Å². The van der Waals surface area contributed by atoms with E-state index in [1.54, 1.807) is 9.80 Å². The number of aromatic amines is 1. The Bertz CT molecular complexity index is 1440. The fourth-order valence-electron chi connectivity index (χ4n) is 4.74. The van der Waals surface area contributed by atoms with Crippen LogP contribution in [0.15, 0.2) is 58.5 Å². The number of fused-ring (bicyclic) bond motifs is 2. The van der Waals surface area contributed by atoms with Crippen molar-refractivity contribution in [2.75, 3.05) is 25.4 Å². The molecule has 3 heterocycles. The van der Waals surface area contributed by atoms with Gasteiger partial charge in [0.25, 0.3) is 11.5 Å². The van der Waals surface area contributed by atoms with Crippen LogP contribution in [0.25, 0.3) is 0 Å². The van der Waals surface area contributed by atoms with E-state index in [1.165, 1.54) is 11.1 Å². The maximum Gasteiger partial charge on any atom is 0.306 e. The lowest BCUT2D eigenvalue weighted by atomic mass is 10.00. The molecular weight excluding hydrogens is 518 g/mol. The summed E-state index contributed by atoms with van der Waals surface area (Å²) in [5.74, 6) is -0.740. The highest BCUT2D eigenvalue weighted by Gasteiger charge is 2.22. The molecule has 0 bridgehead atoms. The summed E-state index contributed by atoms with van der Waals surface area (Å²) < 4.78 is 5.14. The van der Waals surface area contributed by atoms with Crippen LogP contribution in [0.3, 0.4) is 0 Å². The van der Waals surface area contributed by atoms with Crippen molar-refractivity contribution < 1.29 is 19.1 Å². The summed E-state index contributed by atoms with van der Waals surface area (Å²) in [5.41, 5.74) is 4.37. The van der Waals surface area contributed by atoms with Gasteiger partial charge in [0.15, 0.2) is 11.8 Å². The van der Waals surface area contributed by atoms with E-state index in [0.717, 1.165) is 35.7 Å². The van der Waals surface area contributed by atoms with Crippen molar-refractivity contribution in [1.82, 2.24) is 25.0 Å². The molecule has 0 unspecified atom stereocenters. The molecule has 5 rings (SSSR count). The predicted molar refractivity (Wildman–Crippen MR) is 144 cm³/mol. The number of nitrogens with zero attached hydrogens (tertiary/aromatic N) is 4. The number of ether oxygens (including phenoxy) is 1. The zero-order valence-corrected chi connectivity index (χ0v) is 22.2. The molecule has 0 aliphatic carbocycles. The van der Waals surface area contributed by atoms with Gasteiger partial charge in [-0.15, -0.1) is 10.2 Å². The van der Waals surface area contributed by atoms with Gasteiger partial charge in [-0.2, -0.15) is 0 Å². The SMILES string of the molecule is O=C(CCc1nnc(SCC(=O)N2CCc3ccccc3C2)[nH]c1=O)OCC(=O)N1CCc2ccccc2C1. The fraction of sp³-hybridized carbons (Fsp3) is 0.357. The van der Waals surface area contributed by atoms with Gasteiger partial charge >= 0.3 is 5.97 Å². The van der Waals surface area contributed by atoms with Crippen molar-refractivity contribution in [2.24, 2.45) is 0 Å². The van der Waals surface area contributed by atoms with Crippen molar-refractivity contribution >= 4 is 29.5 Å². The molecule has 1 aromatic heterocycles. The minimum Gasteiger partial charge on any atom is -0.456 e. The lowest BCUT2D eigenvalue weighted by Gasteiger charge is -2.28. The van der Waals surface area contributed by atoms with Gasteiger partial charge in [-0.1, -0.05) is 60.3 Å². The number of hydrogen-bond donors (Lipinski definition) is 1. The van der Waals surface area contributed by atoms with E-state index >= 15 is 0 Å². The molecule has 10 nitrogen and oxygen atoms in total. The third-order valence-electron chi connectivity index (χ3n) is 6.97. The number of aromatic nitrogens is 3. The van der Waals surface area contributed by atoms with Gasteiger partial charge in [0, 0.05) is 32.6 Å². The number of nitrogens with one attached hydrogen (secondary N) is 1. The van der Waals surface area contributed by atoms with Crippen LogP contribution in [-0.2, 0) is 51.5 Å². The highest BCUT2D eigenvalue weighted by molar-refractivity contribution is 7.99. The predicted octanol–water partition coefficient (Wildman–Crippen LogP) is 1.90. The number of carbonyl (C=O) groups is 3. The molecule has 1 N–H and O–H groups in total. The Kier molecular flexibility index (Phi) is 8.36. The van der Waals surface area contributed by atoms with Crippen LogP contribution >= 0.6 is 11.8 Å². The van der Waals surface area contributed by atoms with Crippen molar-refractivity contribution in [1.29, 1.82) is 0 Å². The number of esters is 1. The average molecular weight is 548 g/mol. The largest absolute Gasteiger partial charge is 0.456 e. The minimum absolute atomic E-state index is 0.0313. The molecule has 0 saturated heterocycles. The van der Waals surface area contributed by atoms with Crippen LogP contribution in [0.4, 0.5) is 0 Å². The minimum atomic E-state index is -0.589. The van der Waals surface area contributed by atoms with Crippen LogP contribution in [0.2, 0.25) is 0 Å². The lowest BCUT2D eigenvalue weighted by molar-refractivity contribution is -0.152. The summed E-state index contributed by atoms with van der Waals surface area (Å²) >= 11 is 1.12. The van der Waals surface area contributed by atoms with Crippen LogP contribution in [0.5, 0.6) is 0 Å². The average Bonchev–Trinajstić information content (AvgIpc) is 2.97. The Morgan fingerprint density at radius 3 is 2.05 bits per heavy atom. The maximum absolute atomic E-state index is 12.7. The van der Waals surface area contributed by atoms with Gasteiger partial charge in [-0.05, 0) is 35.1 Å². The Hall–Kier alpha value is -3.99. The molecule has 0 spiro atoms. The van der Waals surface area contributed by atoms with Crippen LogP contribution in [-0.4, -0.2) is 68.2 Å². The highest BCUT2D eigenvalue weighted by atomic mass is 32.2. The standard InChI is InChI=1S/C28H29N5O5S/c34-24(32-13-11-19-5-1-3-7-21(19)15-32)17-38-26(36)10-9-23-27(37)29-28(31-30-23)39-18-25(35)33-14-12-20-6-2-4-8-22(20)16-33/h1-8H,9-18H2,(H,29,31,37). The first-order valence-electron chi connectivity index (χ1n) is 12.9. The van der Waals surface area contributed by atoms with Gasteiger partial charge in [-0.3, -0.25) is 24.2 Å². The van der Waals surface area contributed by atoms with Crippen LogP contribution < -0.4 is 5.56 Å². The second-order valence-corrected chi connectivity index (χ2v) is 10.5. The summed E-state index contributed by atoms with van der Waals surface area (Å²) in [4.78, 5) is 55.9. The number of hydrogen-bond acceptors (Lipinski definition) is 8. The van der Waals surface area contributed by atoms with Crippen molar-refractivity contribution in [3.05, 3.63) is 86.8 Å². The number of H-pyrrole nitrogens is 1. The molecule has 3 aromatic rings. The second-order valence-electron chi connectivity index (χ2n) is 9.52. The zero-order chi connectivity index (χ0) is 27.2.